The third-order valence-electron chi connectivity index (χ3n) is 2.58. The summed E-state index contributed by atoms with van der Waals surface area (Å²) < 4.78 is 5.38. The number of rotatable bonds is 5. The van der Waals surface area contributed by atoms with Crippen LogP contribution in [0.5, 0.6) is 0 Å². The molecule has 0 aliphatic carbocycles. The largest absolute Gasteiger partial charge is 0.466 e. The summed E-state index contributed by atoms with van der Waals surface area (Å²) in [5.41, 5.74) is 3.47. The van der Waals surface area contributed by atoms with Crippen LogP contribution in [0.2, 0.25) is 0 Å². The first-order chi connectivity index (χ1) is 9.24. The number of amides is 1. The highest BCUT2D eigenvalue weighted by Gasteiger charge is 2.00. The summed E-state index contributed by atoms with van der Waals surface area (Å²) >= 11 is 0. The van der Waals surface area contributed by atoms with E-state index in [0.717, 1.165) is 17.1 Å². The smallest absolute Gasteiger partial charge is 0.244 e. The van der Waals surface area contributed by atoms with Crippen molar-refractivity contribution in [2.24, 2.45) is 5.10 Å². The molecule has 0 aliphatic heterocycles. The van der Waals surface area contributed by atoms with Crippen LogP contribution in [0.1, 0.15) is 17.1 Å². The number of furan rings is 1. The van der Waals surface area contributed by atoms with Gasteiger partial charge in [0, 0.05) is 12.6 Å². The molecule has 1 aromatic carbocycles. The van der Waals surface area contributed by atoms with E-state index >= 15 is 0 Å². The molecule has 0 spiro atoms. The maximum atomic E-state index is 11.6. The summed E-state index contributed by atoms with van der Waals surface area (Å²) in [6.45, 7) is 1.89. The average molecular weight is 256 g/mol. The third kappa shape index (κ3) is 4.43. The predicted molar refractivity (Wildman–Crippen MR) is 73.9 cm³/mol. The van der Waals surface area contributed by atoms with E-state index < -0.39 is 0 Å². The van der Waals surface area contributed by atoms with Gasteiger partial charge in [-0.25, -0.2) is 5.43 Å². The summed E-state index contributed by atoms with van der Waals surface area (Å²) in [7, 11) is 0. The Morgan fingerprint density at radius 2 is 2.05 bits per heavy atom. The number of hydrogen-bond donors (Lipinski definition) is 1. The first-order valence-electron chi connectivity index (χ1n) is 6.13. The van der Waals surface area contributed by atoms with Crippen LogP contribution in [0.25, 0.3) is 0 Å². The number of carbonyl (C=O) groups is 1. The zero-order valence-electron chi connectivity index (χ0n) is 10.8. The van der Waals surface area contributed by atoms with Crippen molar-refractivity contribution in [2.75, 3.05) is 0 Å². The number of nitrogens with zero attached hydrogens (tertiary/aromatic N) is 1. The van der Waals surface area contributed by atoms with E-state index in [1.165, 1.54) is 0 Å². The van der Waals surface area contributed by atoms with E-state index in [1.54, 1.807) is 6.21 Å². The fourth-order valence-electron chi connectivity index (χ4n) is 1.67. The summed E-state index contributed by atoms with van der Waals surface area (Å²) in [5, 5.41) is 3.89. The molecule has 1 aromatic heterocycles. The monoisotopic (exact) mass is 256 g/mol. The molecule has 0 bridgehead atoms. The second-order valence-electron chi connectivity index (χ2n) is 4.23. The maximum Gasteiger partial charge on any atom is 0.244 e. The van der Waals surface area contributed by atoms with Gasteiger partial charge < -0.3 is 4.42 Å². The SMILES string of the molecule is Cc1ccc(C/C=N/NC(=O)Cc2ccccc2)o1. The van der Waals surface area contributed by atoms with Crippen molar-refractivity contribution in [2.45, 2.75) is 19.8 Å². The maximum absolute atomic E-state index is 11.6. The number of nitrogens with one attached hydrogen (secondary N) is 1. The van der Waals surface area contributed by atoms with Gasteiger partial charge in [0.15, 0.2) is 0 Å². The molecular weight excluding hydrogens is 240 g/mol. The lowest BCUT2D eigenvalue weighted by atomic mass is 10.1. The van der Waals surface area contributed by atoms with Crippen LogP contribution >= 0.6 is 0 Å². The van der Waals surface area contributed by atoms with Crippen molar-refractivity contribution < 1.29 is 9.21 Å². The molecule has 0 unspecified atom stereocenters. The van der Waals surface area contributed by atoms with Crippen LogP contribution in [0, 0.1) is 6.92 Å². The van der Waals surface area contributed by atoms with E-state index in [9.17, 15) is 4.79 Å². The molecular formula is C15H16N2O2. The van der Waals surface area contributed by atoms with E-state index in [2.05, 4.69) is 10.5 Å². The molecule has 0 aliphatic rings. The van der Waals surface area contributed by atoms with Gasteiger partial charge in [0.05, 0.1) is 6.42 Å². The lowest BCUT2D eigenvalue weighted by Gasteiger charge is -1.99. The number of aryl methyl sites for hydroxylation is 1. The zero-order chi connectivity index (χ0) is 13.5. The van der Waals surface area contributed by atoms with Gasteiger partial charge in [-0.05, 0) is 24.6 Å². The Kier molecular flexibility index (Phi) is 4.50. The van der Waals surface area contributed by atoms with Gasteiger partial charge in [-0.3, -0.25) is 4.79 Å². The zero-order valence-corrected chi connectivity index (χ0v) is 10.8. The summed E-state index contributed by atoms with van der Waals surface area (Å²) in [6.07, 6.45) is 2.53. The Bertz CT molecular complexity index is 559. The third-order valence-corrected chi connectivity index (χ3v) is 2.58. The summed E-state index contributed by atoms with van der Waals surface area (Å²) in [5.74, 6) is 1.58. The van der Waals surface area contributed by atoms with Crippen LogP contribution in [0.15, 0.2) is 52.0 Å². The fourth-order valence-corrected chi connectivity index (χ4v) is 1.67. The molecule has 0 saturated carbocycles. The van der Waals surface area contributed by atoms with E-state index in [4.69, 9.17) is 4.42 Å². The Labute approximate surface area is 112 Å². The van der Waals surface area contributed by atoms with Crippen molar-refractivity contribution in [3.63, 3.8) is 0 Å². The lowest BCUT2D eigenvalue weighted by Crippen LogP contribution is -2.19. The van der Waals surface area contributed by atoms with Gasteiger partial charge in [0.2, 0.25) is 5.91 Å². The minimum absolute atomic E-state index is 0.127. The number of hydrogen-bond acceptors (Lipinski definition) is 3. The Balaban J connectivity index is 1.74. The minimum atomic E-state index is -0.127. The van der Waals surface area contributed by atoms with Crippen molar-refractivity contribution in [3.8, 4) is 0 Å². The van der Waals surface area contributed by atoms with E-state index in [0.29, 0.717) is 12.8 Å². The molecule has 1 amide bonds. The Morgan fingerprint density at radius 3 is 2.74 bits per heavy atom. The van der Waals surface area contributed by atoms with Crippen molar-refractivity contribution in [3.05, 3.63) is 59.5 Å². The minimum Gasteiger partial charge on any atom is -0.466 e. The second kappa shape index (κ2) is 6.54. The average Bonchev–Trinajstić information content (AvgIpc) is 2.82. The first-order valence-corrected chi connectivity index (χ1v) is 6.13. The summed E-state index contributed by atoms with van der Waals surface area (Å²) in [4.78, 5) is 11.6. The highest BCUT2D eigenvalue weighted by atomic mass is 16.3. The van der Waals surface area contributed by atoms with E-state index in [-0.39, 0.29) is 5.91 Å². The molecule has 19 heavy (non-hydrogen) atoms. The molecule has 1 N–H and O–H groups in total. The van der Waals surface area contributed by atoms with Crippen molar-refractivity contribution >= 4 is 12.1 Å². The second-order valence-corrected chi connectivity index (χ2v) is 4.23. The van der Waals surface area contributed by atoms with Crippen molar-refractivity contribution in [1.82, 2.24) is 5.43 Å². The van der Waals surface area contributed by atoms with Gasteiger partial charge in [0.1, 0.15) is 11.5 Å². The van der Waals surface area contributed by atoms with Crippen LogP contribution in [0.3, 0.4) is 0 Å². The Hall–Kier alpha value is -2.36. The topological polar surface area (TPSA) is 54.6 Å². The highest BCUT2D eigenvalue weighted by molar-refractivity contribution is 5.79. The Morgan fingerprint density at radius 1 is 1.26 bits per heavy atom. The van der Waals surface area contributed by atoms with Crippen LogP contribution in [-0.2, 0) is 17.6 Å². The first kappa shape index (κ1) is 13.1. The highest BCUT2D eigenvalue weighted by Crippen LogP contribution is 2.05. The normalized spacial score (nSPS) is 10.8. The van der Waals surface area contributed by atoms with Gasteiger partial charge in [0.25, 0.3) is 0 Å². The summed E-state index contributed by atoms with van der Waals surface area (Å²) in [6, 6.07) is 13.4. The predicted octanol–water partition coefficient (Wildman–Crippen LogP) is 2.48. The van der Waals surface area contributed by atoms with Gasteiger partial charge in [-0.15, -0.1) is 0 Å². The molecule has 1 heterocycles. The number of carbonyl (C=O) groups excluding carboxylic acids is 1. The van der Waals surface area contributed by atoms with Gasteiger partial charge in [-0.1, -0.05) is 30.3 Å². The molecule has 98 valence electrons. The molecule has 4 nitrogen and oxygen atoms in total. The number of hydrazone groups is 1. The van der Waals surface area contributed by atoms with Gasteiger partial charge in [-0.2, -0.15) is 5.10 Å². The molecule has 2 aromatic rings. The van der Waals surface area contributed by atoms with Crippen LogP contribution in [-0.4, -0.2) is 12.1 Å². The lowest BCUT2D eigenvalue weighted by molar-refractivity contribution is -0.120. The molecule has 0 atom stereocenters. The van der Waals surface area contributed by atoms with Crippen molar-refractivity contribution in [1.29, 1.82) is 0 Å². The standard InChI is InChI=1S/C15H16N2O2/c1-12-7-8-14(19-12)9-10-16-17-15(18)11-13-5-3-2-4-6-13/h2-8,10H,9,11H2,1H3,(H,17,18)/b16-10+. The molecule has 0 radical (unpaired) electrons. The van der Waals surface area contributed by atoms with Crippen LogP contribution < -0.4 is 5.43 Å². The van der Waals surface area contributed by atoms with E-state index in [1.807, 2.05) is 49.4 Å². The van der Waals surface area contributed by atoms with Crippen LogP contribution in [0.4, 0.5) is 0 Å². The van der Waals surface area contributed by atoms with Gasteiger partial charge >= 0.3 is 0 Å². The fraction of sp³-hybridized carbons (Fsp3) is 0.200. The quantitative estimate of drug-likeness (QED) is 0.660. The number of benzene rings is 1. The molecule has 0 saturated heterocycles. The molecule has 4 heteroatoms. The molecule has 2 rings (SSSR count). The molecule has 0 fully saturated rings.